The van der Waals surface area contributed by atoms with Gasteiger partial charge in [0.15, 0.2) is 0 Å². The van der Waals surface area contributed by atoms with E-state index in [9.17, 15) is 21.6 Å². The molecule has 17 heavy (non-hydrogen) atoms. The average Bonchev–Trinajstić information content (AvgIpc) is 2.57. The van der Waals surface area contributed by atoms with Crippen LogP contribution in [0, 0.1) is 11.8 Å². The largest absolute Gasteiger partial charge is 0.389 e. The van der Waals surface area contributed by atoms with Crippen LogP contribution in [0.5, 0.6) is 0 Å². The van der Waals surface area contributed by atoms with Gasteiger partial charge in [-0.05, 0) is 31.3 Å². The minimum atomic E-state index is -4.28. The molecule has 0 aromatic heterocycles. The third kappa shape index (κ3) is 3.56. The highest BCUT2D eigenvalue weighted by Crippen LogP contribution is 2.42. The molecular formula is C9H15F3N2O2S. The van der Waals surface area contributed by atoms with Gasteiger partial charge < -0.3 is 5.32 Å². The Balaban J connectivity index is 1.72. The van der Waals surface area contributed by atoms with Gasteiger partial charge in [0.2, 0.25) is 10.0 Å². The van der Waals surface area contributed by atoms with Crippen LogP contribution >= 0.6 is 0 Å². The zero-order valence-electron chi connectivity index (χ0n) is 9.13. The van der Waals surface area contributed by atoms with Crippen LogP contribution in [0.4, 0.5) is 13.2 Å². The first-order valence-electron chi connectivity index (χ1n) is 5.56. The maximum Gasteiger partial charge on any atom is 0.389 e. The van der Waals surface area contributed by atoms with E-state index in [1.54, 1.807) is 0 Å². The monoisotopic (exact) mass is 272 g/mol. The summed E-state index contributed by atoms with van der Waals surface area (Å²) in [5, 5.41) is 3.12. The molecule has 2 rings (SSSR count). The van der Waals surface area contributed by atoms with E-state index in [2.05, 4.69) is 10.0 Å². The fraction of sp³-hybridized carbons (Fsp3) is 1.00. The third-order valence-corrected chi connectivity index (χ3v) is 4.74. The van der Waals surface area contributed by atoms with Crippen molar-refractivity contribution >= 4 is 10.0 Å². The molecule has 0 amide bonds. The second-order valence-corrected chi connectivity index (χ2v) is 6.54. The predicted molar refractivity (Wildman–Crippen MR) is 55.8 cm³/mol. The first-order valence-corrected chi connectivity index (χ1v) is 7.21. The maximum atomic E-state index is 11.9. The number of alkyl halides is 3. The molecule has 0 aromatic carbocycles. The van der Waals surface area contributed by atoms with E-state index < -0.39 is 28.4 Å². The smallest absolute Gasteiger partial charge is 0.316 e. The van der Waals surface area contributed by atoms with Crippen molar-refractivity contribution in [3.05, 3.63) is 0 Å². The first-order chi connectivity index (χ1) is 7.79. The number of rotatable bonds is 5. The Hall–Kier alpha value is -0.340. The molecule has 2 fully saturated rings. The average molecular weight is 272 g/mol. The van der Waals surface area contributed by atoms with Gasteiger partial charge in [-0.15, -0.1) is 0 Å². The van der Waals surface area contributed by atoms with Crippen molar-refractivity contribution in [2.24, 2.45) is 11.8 Å². The number of sulfonamides is 1. The van der Waals surface area contributed by atoms with Crippen molar-refractivity contribution in [2.75, 3.05) is 18.8 Å². The van der Waals surface area contributed by atoms with Gasteiger partial charge in [-0.3, -0.25) is 0 Å². The molecule has 100 valence electrons. The van der Waals surface area contributed by atoms with E-state index in [1.165, 1.54) is 0 Å². The van der Waals surface area contributed by atoms with Crippen LogP contribution in [0.15, 0.2) is 0 Å². The summed E-state index contributed by atoms with van der Waals surface area (Å²) in [4.78, 5) is 0. The molecule has 0 aromatic rings. The highest BCUT2D eigenvalue weighted by Gasteiger charge is 2.54. The quantitative estimate of drug-likeness (QED) is 0.764. The molecule has 4 nitrogen and oxygen atoms in total. The number of fused-ring (bicyclic) bond motifs is 1. The van der Waals surface area contributed by atoms with Crippen LogP contribution < -0.4 is 10.0 Å². The van der Waals surface area contributed by atoms with Gasteiger partial charge in [-0.1, -0.05) is 0 Å². The Labute approximate surface area is 98.0 Å². The van der Waals surface area contributed by atoms with E-state index >= 15 is 0 Å². The van der Waals surface area contributed by atoms with Gasteiger partial charge in [0.05, 0.1) is 5.75 Å². The molecule has 8 heteroatoms. The Morgan fingerprint density at radius 3 is 2.35 bits per heavy atom. The van der Waals surface area contributed by atoms with Crippen LogP contribution in [0.2, 0.25) is 0 Å². The second-order valence-electron chi connectivity index (χ2n) is 4.67. The lowest BCUT2D eigenvalue weighted by Crippen LogP contribution is -2.34. The zero-order valence-corrected chi connectivity index (χ0v) is 9.94. The molecular weight excluding hydrogens is 257 g/mol. The SMILES string of the molecule is O=S(=O)(CCCC(F)(F)F)NC1C2CNCC21. The summed E-state index contributed by atoms with van der Waals surface area (Å²) >= 11 is 0. The molecule has 2 aliphatic rings. The highest BCUT2D eigenvalue weighted by atomic mass is 32.2. The fourth-order valence-electron chi connectivity index (χ4n) is 2.32. The lowest BCUT2D eigenvalue weighted by molar-refractivity contribution is -0.134. The number of hydrogen-bond donors (Lipinski definition) is 2. The van der Waals surface area contributed by atoms with Gasteiger partial charge in [-0.25, -0.2) is 13.1 Å². The number of hydrogen-bond acceptors (Lipinski definition) is 3. The van der Waals surface area contributed by atoms with Crippen molar-refractivity contribution in [1.29, 1.82) is 0 Å². The third-order valence-electron chi connectivity index (χ3n) is 3.28. The van der Waals surface area contributed by atoms with Gasteiger partial charge in [0.1, 0.15) is 0 Å². The van der Waals surface area contributed by atoms with Gasteiger partial charge >= 0.3 is 6.18 Å². The van der Waals surface area contributed by atoms with Gasteiger partial charge in [-0.2, -0.15) is 13.2 Å². The second kappa shape index (κ2) is 4.40. The number of piperidine rings is 1. The zero-order chi connectivity index (χ0) is 12.7. The summed E-state index contributed by atoms with van der Waals surface area (Å²) in [5.74, 6) is 0.204. The predicted octanol–water partition coefficient (Wildman–Crippen LogP) is 0.466. The fourth-order valence-corrected chi connectivity index (χ4v) is 3.73. The lowest BCUT2D eigenvalue weighted by Gasteiger charge is -2.09. The first kappa shape index (κ1) is 13.1. The van der Waals surface area contributed by atoms with E-state index in [0.717, 1.165) is 13.1 Å². The molecule has 1 heterocycles. The minimum absolute atomic E-state index is 0.0628. The van der Waals surface area contributed by atoms with Gasteiger partial charge in [0, 0.05) is 12.5 Å². The topological polar surface area (TPSA) is 58.2 Å². The molecule has 2 atom stereocenters. The molecule has 0 bridgehead atoms. The summed E-state index contributed by atoms with van der Waals surface area (Å²) < 4.78 is 61.1. The summed E-state index contributed by atoms with van der Waals surface area (Å²) in [6, 6.07) is -0.0628. The molecule has 0 radical (unpaired) electrons. The van der Waals surface area contributed by atoms with Gasteiger partial charge in [0.25, 0.3) is 0 Å². The number of nitrogens with one attached hydrogen (secondary N) is 2. The normalized spacial score (nSPS) is 32.5. The highest BCUT2D eigenvalue weighted by molar-refractivity contribution is 7.89. The van der Waals surface area contributed by atoms with E-state index in [0.29, 0.717) is 11.8 Å². The summed E-state index contributed by atoms with van der Waals surface area (Å²) in [6.45, 7) is 1.58. The number of halogens is 3. The van der Waals surface area contributed by atoms with Crippen molar-refractivity contribution in [3.63, 3.8) is 0 Å². The molecule has 2 N–H and O–H groups in total. The molecule has 1 saturated carbocycles. The van der Waals surface area contributed by atoms with E-state index in [1.807, 2.05) is 0 Å². The molecule has 0 spiro atoms. The summed E-state index contributed by atoms with van der Waals surface area (Å²) in [7, 11) is -3.56. The minimum Gasteiger partial charge on any atom is -0.316 e. The van der Waals surface area contributed by atoms with E-state index in [4.69, 9.17) is 0 Å². The van der Waals surface area contributed by atoms with Crippen molar-refractivity contribution in [3.8, 4) is 0 Å². The Kier molecular flexibility index (Phi) is 3.39. The van der Waals surface area contributed by atoms with Crippen LogP contribution in [0.3, 0.4) is 0 Å². The van der Waals surface area contributed by atoms with Crippen LogP contribution in [-0.4, -0.2) is 39.5 Å². The Bertz CT molecular complexity index is 372. The van der Waals surface area contributed by atoms with Crippen molar-refractivity contribution in [1.82, 2.24) is 10.0 Å². The summed E-state index contributed by atoms with van der Waals surface area (Å²) in [5.41, 5.74) is 0. The van der Waals surface area contributed by atoms with Crippen molar-refractivity contribution in [2.45, 2.75) is 25.1 Å². The van der Waals surface area contributed by atoms with Crippen molar-refractivity contribution < 1.29 is 21.6 Å². The molecule has 1 saturated heterocycles. The summed E-state index contributed by atoms with van der Waals surface area (Å²) in [6.07, 6.45) is -5.71. The molecule has 1 aliphatic heterocycles. The van der Waals surface area contributed by atoms with Crippen LogP contribution in [0.25, 0.3) is 0 Å². The molecule has 2 unspecified atom stereocenters. The Morgan fingerprint density at radius 2 is 1.82 bits per heavy atom. The molecule has 1 aliphatic carbocycles. The Morgan fingerprint density at radius 1 is 1.24 bits per heavy atom. The van der Waals surface area contributed by atoms with Crippen LogP contribution in [-0.2, 0) is 10.0 Å². The maximum absolute atomic E-state index is 11.9. The van der Waals surface area contributed by atoms with Crippen LogP contribution in [0.1, 0.15) is 12.8 Å². The van der Waals surface area contributed by atoms with E-state index in [-0.39, 0.29) is 12.5 Å². The lowest BCUT2D eigenvalue weighted by atomic mass is 10.3. The standard InChI is InChI=1S/C9H15F3N2O2S/c10-9(11,12)2-1-3-17(15,16)14-8-6-4-13-5-7(6)8/h6-8,13-14H,1-5H2.